The van der Waals surface area contributed by atoms with Crippen molar-refractivity contribution in [3.8, 4) is 0 Å². The second kappa shape index (κ2) is 6.21. The number of methoxy groups -OCH3 is 1. The highest BCUT2D eigenvalue weighted by molar-refractivity contribution is 5.33. The average molecular weight is 267 g/mol. The smallest absolute Gasteiger partial charge is 0.0713 e. The molecule has 20 heavy (non-hydrogen) atoms. The summed E-state index contributed by atoms with van der Waals surface area (Å²) in [6, 6.07) is 18.0. The molecule has 0 saturated carbocycles. The van der Waals surface area contributed by atoms with Crippen LogP contribution in [0.5, 0.6) is 0 Å². The van der Waals surface area contributed by atoms with Crippen LogP contribution in [0.2, 0.25) is 0 Å². The Bertz CT molecular complexity index is 537. The van der Waals surface area contributed by atoms with E-state index in [1.807, 2.05) is 0 Å². The summed E-state index contributed by atoms with van der Waals surface area (Å²) in [6.45, 7) is 1.62. The number of rotatable bonds is 5. The van der Waals surface area contributed by atoms with Crippen LogP contribution in [-0.2, 0) is 30.7 Å². The summed E-state index contributed by atoms with van der Waals surface area (Å²) in [5.74, 6) is 0. The van der Waals surface area contributed by atoms with Crippen molar-refractivity contribution in [3.05, 3.63) is 70.8 Å². The van der Waals surface area contributed by atoms with Crippen LogP contribution in [-0.4, -0.2) is 13.2 Å². The van der Waals surface area contributed by atoms with E-state index >= 15 is 0 Å². The van der Waals surface area contributed by atoms with Gasteiger partial charge < -0.3 is 10.1 Å². The van der Waals surface area contributed by atoms with E-state index in [0.717, 1.165) is 19.4 Å². The lowest BCUT2D eigenvalue weighted by atomic mass is 10.1. The van der Waals surface area contributed by atoms with Gasteiger partial charge in [-0.25, -0.2) is 0 Å². The van der Waals surface area contributed by atoms with Gasteiger partial charge in [0.1, 0.15) is 0 Å². The van der Waals surface area contributed by atoms with Gasteiger partial charge in [-0.05, 0) is 35.1 Å². The maximum absolute atomic E-state index is 5.13. The van der Waals surface area contributed by atoms with Crippen LogP contribution in [0.25, 0.3) is 0 Å². The van der Waals surface area contributed by atoms with Gasteiger partial charge in [0.05, 0.1) is 6.61 Å². The molecule has 0 heterocycles. The Kier molecular flexibility index (Phi) is 4.14. The van der Waals surface area contributed by atoms with Gasteiger partial charge in [0.25, 0.3) is 0 Å². The molecule has 1 N–H and O–H groups in total. The Balaban J connectivity index is 1.53. The fourth-order valence-electron chi connectivity index (χ4n) is 2.89. The third kappa shape index (κ3) is 3.09. The molecular weight excluding hydrogens is 246 g/mol. The number of fused-ring (bicyclic) bond motifs is 1. The van der Waals surface area contributed by atoms with E-state index in [9.17, 15) is 0 Å². The Hall–Kier alpha value is -1.64. The van der Waals surface area contributed by atoms with E-state index in [4.69, 9.17) is 4.74 Å². The van der Waals surface area contributed by atoms with Crippen molar-refractivity contribution in [1.82, 2.24) is 5.32 Å². The lowest BCUT2D eigenvalue weighted by molar-refractivity contribution is 0.185. The van der Waals surface area contributed by atoms with Crippen molar-refractivity contribution in [1.29, 1.82) is 0 Å². The minimum Gasteiger partial charge on any atom is -0.380 e. The molecule has 0 fully saturated rings. The van der Waals surface area contributed by atoms with Gasteiger partial charge in [-0.1, -0.05) is 48.5 Å². The summed E-state index contributed by atoms with van der Waals surface area (Å²) in [6.07, 6.45) is 2.30. The molecule has 2 aromatic rings. The van der Waals surface area contributed by atoms with Gasteiger partial charge in [0.2, 0.25) is 0 Å². The highest BCUT2D eigenvalue weighted by Crippen LogP contribution is 2.21. The molecule has 0 aromatic heterocycles. The van der Waals surface area contributed by atoms with Crippen molar-refractivity contribution >= 4 is 0 Å². The van der Waals surface area contributed by atoms with Gasteiger partial charge in [0, 0.05) is 19.7 Å². The van der Waals surface area contributed by atoms with E-state index in [1.165, 1.54) is 22.3 Å². The quantitative estimate of drug-likeness (QED) is 0.899. The maximum atomic E-state index is 5.13. The molecule has 1 aliphatic carbocycles. The lowest BCUT2D eigenvalue weighted by Gasteiger charge is -2.12. The minimum atomic E-state index is 0.575. The van der Waals surface area contributed by atoms with E-state index < -0.39 is 0 Å². The normalized spacial score (nSPS) is 14.4. The van der Waals surface area contributed by atoms with Crippen molar-refractivity contribution in [2.24, 2.45) is 0 Å². The molecule has 0 spiro atoms. The van der Waals surface area contributed by atoms with E-state index in [1.54, 1.807) is 7.11 Å². The van der Waals surface area contributed by atoms with Crippen molar-refractivity contribution in [2.75, 3.05) is 7.11 Å². The average Bonchev–Trinajstić information content (AvgIpc) is 2.90. The minimum absolute atomic E-state index is 0.575. The predicted octanol–water partition coefficient (Wildman–Crippen LogP) is 3.09. The number of nitrogens with one attached hydrogen (secondary N) is 1. The monoisotopic (exact) mass is 267 g/mol. The Morgan fingerprint density at radius 1 is 0.950 bits per heavy atom. The molecule has 2 nitrogen and oxygen atoms in total. The first-order valence-electron chi connectivity index (χ1n) is 7.22. The SMILES string of the molecule is COCc1ccc(CNC2Cc3ccccc3C2)cc1. The van der Waals surface area contributed by atoms with Crippen molar-refractivity contribution < 1.29 is 4.74 Å². The molecule has 0 radical (unpaired) electrons. The van der Waals surface area contributed by atoms with E-state index in [-0.39, 0.29) is 0 Å². The molecule has 0 bridgehead atoms. The molecule has 0 aliphatic heterocycles. The Morgan fingerprint density at radius 3 is 2.15 bits per heavy atom. The fourth-order valence-corrected chi connectivity index (χ4v) is 2.89. The molecular formula is C18H21NO. The van der Waals surface area contributed by atoms with Gasteiger partial charge >= 0.3 is 0 Å². The zero-order valence-corrected chi connectivity index (χ0v) is 11.9. The van der Waals surface area contributed by atoms with Gasteiger partial charge in [-0.15, -0.1) is 0 Å². The van der Waals surface area contributed by atoms with Crippen LogP contribution in [0.15, 0.2) is 48.5 Å². The third-order valence-electron chi connectivity index (χ3n) is 3.98. The maximum Gasteiger partial charge on any atom is 0.0713 e. The first kappa shape index (κ1) is 13.3. The van der Waals surface area contributed by atoms with E-state index in [2.05, 4.69) is 53.8 Å². The standard InChI is InChI=1S/C18H21NO/c1-20-13-15-8-6-14(7-9-15)12-19-18-10-16-4-2-3-5-17(16)11-18/h2-9,18-19H,10-13H2,1H3. The molecule has 0 amide bonds. The van der Waals surface area contributed by atoms with Crippen LogP contribution in [0.3, 0.4) is 0 Å². The molecule has 0 atom stereocenters. The largest absolute Gasteiger partial charge is 0.380 e. The zero-order valence-electron chi connectivity index (χ0n) is 11.9. The van der Waals surface area contributed by atoms with Crippen LogP contribution in [0.1, 0.15) is 22.3 Å². The molecule has 0 unspecified atom stereocenters. The molecule has 3 rings (SSSR count). The summed E-state index contributed by atoms with van der Waals surface area (Å²) in [4.78, 5) is 0. The van der Waals surface area contributed by atoms with Crippen LogP contribution in [0.4, 0.5) is 0 Å². The fraction of sp³-hybridized carbons (Fsp3) is 0.333. The molecule has 104 valence electrons. The number of hydrogen-bond acceptors (Lipinski definition) is 2. The molecule has 1 aliphatic rings. The van der Waals surface area contributed by atoms with Crippen LogP contribution in [0, 0.1) is 0 Å². The Morgan fingerprint density at radius 2 is 1.55 bits per heavy atom. The number of hydrogen-bond donors (Lipinski definition) is 1. The second-order valence-corrected chi connectivity index (χ2v) is 5.50. The second-order valence-electron chi connectivity index (χ2n) is 5.50. The predicted molar refractivity (Wildman–Crippen MR) is 81.6 cm³/mol. The van der Waals surface area contributed by atoms with Crippen LogP contribution >= 0.6 is 0 Å². The van der Waals surface area contributed by atoms with Crippen molar-refractivity contribution in [3.63, 3.8) is 0 Å². The highest BCUT2D eigenvalue weighted by atomic mass is 16.5. The summed E-state index contributed by atoms with van der Waals surface area (Å²) < 4.78 is 5.13. The molecule has 2 heteroatoms. The van der Waals surface area contributed by atoms with Gasteiger partial charge in [-0.2, -0.15) is 0 Å². The van der Waals surface area contributed by atoms with Gasteiger partial charge in [0.15, 0.2) is 0 Å². The molecule has 2 aromatic carbocycles. The topological polar surface area (TPSA) is 21.3 Å². The van der Waals surface area contributed by atoms with E-state index in [0.29, 0.717) is 12.6 Å². The number of benzene rings is 2. The van der Waals surface area contributed by atoms with Crippen LogP contribution < -0.4 is 5.32 Å². The highest BCUT2D eigenvalue weighted by Gasteiger charge is 2.19. The summed E-state index contributed by atoms with van der Waals surface area (Å²) >= 11 is 0. The van der Waals surface area contributed by atoms with Gasteiger partial charge in [-0.3, -0.25) is 0 Å². The Labute approximate surface area is 120 Å². The number of ether oxygens (including phenoxy) is 1. The zero-order chi connectivity index (χ0) is 13.8. The summed E-state index contributed by atoms with van der Waals surface area (Å²) in [5.41, 5.74) is 5.56. The summed E-state index contributed by atoms with van der Waals surface area (Å²) in [5, 5.41) is 3.67. The van der Waals surface area contributed by atoms with Crippen molar-refractivity contribution in [2.45, 2.75) is 32.0 Å². The first-order valence-corrected chi connectivity index (χ1v) is 7.22. The third-order valence-corrected chi connectivity index (χ3v) is 3.98. The lowest BCUT2D eigenvalue weighted by Crippen LogP contribution is -2.28. The first-order chi connectivity index (χ1) is 9.85. The molecule has 0 saturated heterocycles. The summed E-state index contributed by atoms with van der Waals surface area (Å²) in [7, 11) is 1.73.